The molecule has 0 aliphatic rings. The SMILES string of the molecule is CC.CC(=O)COc1cnc(C)cn1. The Kier molecular flexibility index (Phi) is 6.28. The Morgan fingerprint density at radius 2 is 2.00 bits per heavy atom. The van der Waals surface area contributed by atoms with Crippen LogP contribution in [0.2, 0.25) is 0 Å². The Hall–Kier alpha value is -1.45. The van der Waals surface area contributed by atoms with Crippen LogP contribution in [0.3, 0.4) is 0 Å². The van der Waals surface area contributed by atoms with Gasteiger partial charge < -0.3 is 4.74 Å². The standard InChI is InChI=1S/C8H10N2O2.C2H6/c1-6-3-10-8(4-9-6)12-5-7(2)11;1-2/h3-4H,5H2,1-2H3;1-2H3. The number of hydrogen-bond donors (Lipinski definition) is 0. The van der Waals surface area contributed by atoms with Gasteiger partial charge in [0.25, 0.3) is 0 Å². The molecule has 0 radical (unpaired) electrons. The van der Waals surface area contributed by atoms with Gasteiger partial charge in [-0.05, 0) is 13.8 Å². The fourth-order valence-corrected chi connectivity index (χ4v) is 0.631. The van der Waals surface area contributed by atoms with Crippen molar-refractivity contribution in [2.75, 3.05) is 6.61 Å². The normalized spacial score (nSPS) is 8.57. The lowest BCUT2D eigenvalue weighted by Gasteiger charge is -2.00. The smallest absolute Gasteiger partial charge is 0.232 e. The van der Waals surface area contributed by atoms with Gasteiger partial charge in [0.1, 0.15) is 6.61 Å². The maximum atomic E-state index is 10.5. The van der Waals surface area contributed by atoms with E-state index in [1.165, 1.54) is 13.1 Å². The quantitative estimate of drug-likeness (QED) is 0.739. The number of Topliss-reactive ketones (excluding diaryl/α,β-unsaturated/α-hetero) is 1. The van der Waals surface area contributed by atoms with E-state index in [0.29, 0.717) is 5.88 Å². The van der Waals surface area contributed by atoms with Gasteiger partial charge in [0.15, 0.2) is 5.78 Å². The molecule has 0 spiro atoms. The van der Waals surface area contributed by atoms with E-state index in [4.69, 9.17) is 4.74 Å². The average molecular weight is 196 g/mol. The number of aryl methyl sites for hydroxylation is 1. The zero-order valence-corrected chi connectivity index (χ0v) is 9.07. The van der Waals surface area contributed by atoms with E-state index in [-0.39, 0.29) is 12.4 Å². The van der Waals surface area contributed by atoms with Crippen LogP contribution in [0.5, 0.6) is 5.88 Å². The molecule has 1 rings (SSSR count). The molecular weight excluding hydrogens is 180 g/mol. The summed E-state index contributed by atoms with van der Waals surface area (Å²) in [5.74, 6) is 0.355. The number of aromatic nitrogens is 2. The molecule has 78 valence electrons. The minimum Gasteiger partial charge on any atom is -0.469 e. The van der Waals surface area contributed by atoms with Crippen molar-refractivity contribution in [3.63, 3.8) is 0 Å². The third-order valence-electron chi connectivity index (χ3n) is 1.18. The number of ether oxygens (including phenoxy) is 1. The van der Waals surface area contributed by atoms with Crippen LogP contribution in [0.15, 0.2) is 12.4 Å². The van der Waals surface area contributed by atoms with Crippen molar-refractivity contribution in [1.82, 2.24) is 9.97 Å². The molecule has 1 heterocycles. The minimum atomic E-state index is -0.0302. The lowest BCUT2D eigenvalue weighted by Crippen LogP contribution is -2.07. The maximum Gasteiger partial charge on any atom is 0.232 e. The van der Waals surface area contributed by atoms with Gasteiger partial charge in [-0.1, -0.05) is 13.8 Å². The second kappa shape index (κ2) is 7.00. The molecule has 1 aromatic heterocycles. The maximum absolute atomic E-state index is 10.5. The van der Waals surface area contributed by atoms with Crippen LogP contribution < -0.4 is 4.74 Å². The van der Waals surface area contributed by atoms with E-state index in [1.54, 1.807) is 6.20 Å². The number of carbonyl (C=O) groups excluding carboxylic acids is 1. The molecule has 4 nitrogen and oxygen atoms in total. The summed E-state index contributed by atoms with van der Waals surface area (Å²) in [4.78, 5) is 18.4. The van der Waals surface area contributed by atoms with Gasteiger partial charge >= 0.3 is 0 Å². The van der Waals surface area contributed by atoms with Crippen molar-refractivity contribution in [3.8, 4) is 5.88 Å². The Morgan fingerprint density at radius 3 is 2.43 bits per heavy atom. The van der Waals surface area contributed by atoms with Gasteiger partial charge in [-0.3, -0.25) is 9.78 Å². The first-order chi connectivity index (χ1) is 6.68. The molecule has 0 unspecified atom stereocenters. The number of rotatable bonds is 3. The van der Waals surface area contributed by atoms with Crippen LogP contribution in [0, 0.1) is 6.92 Å². The van der Waals surface area contributed by atoms with Crippen molar-refractivity contribution in [1.29, 1.82) is 0 Å². The van der Waals surface area contributed by atoms with Crippen LogP contribution in [0.1, 0.15) is 26.5 Å². The van der Waals surface area contributed by atoms with Gasteiger partial charge in [-0.2, -0.15) is 0 Å². The van der Waals surface area contributed by atoms with Crippen LogP contribution in [0.4, 0.5) is 0 Å². The van der Waals surface area contributed by atoms with E-state index < -0.39 is 0 Å². The van der Waals surface area contributed by atoms with E-state index in [0.717, 1.165) is 5.69 Å². The molecule has 0 aromatic carbocycles. The van der Waals surface area contributed by atoms with Gasteiger partial charge in [0, 0.05) is 0 Å². The van der Waals surface area contributed by atoms with Crippen molar-refractivity contribution in [2.24, 2.45) is 0 Å². The minimum absolute atomic E-state index is 0.0302. The first-order valence-corrected chi connectivity index (χ1v) is 4.59. The van der Waals surface area contributed by atoms with E-state index >= 15 is 0 Å². The third-order valence-corrected chi connectivity index (χ3v) is 1.18. The predicted octanol–water partition coefficient (Wildman–Crippen LogP) is 1.78. The topological polar surface area (TPSA) is 52.1 Å². The van der Waals surface area contributed by atoms with Crippen LogP contribution in [-0.4, -0.2) is 22.4 Å². The first kappa shape index (κ1) is 12.6. The summed E-state index contributed by atoms with van der Waals surface area (Å²) in [5.41, 5.74) is 0.824. The fourth-order valence-electron chi connectivity index (χ4n) is 0.631. The molecule has 1 aromatic rings. The number of carbonyl (C=O) groups is 1. The molecule has 0 saturated carbocycles. The summed E-state index contributed by atoms with van der Waals surface area (Å²) in [6, 6.07) is 0. The largest absolute Gasteiger partial charge is 0.469 e. The van der Waals surface area contributed by atoms with Crippen molar-refractivity contribution >= 4 is 5.78 Å². The highest BCUT2D eigenvalue weighted by molar-refractivity contribution is 5.76. The lowest BCUT2D eigenvalue weighted by atomic mass is 10.5. The molecule has 0 bridgehead atoms. The lowest BCUT2D eigenvalue weighted by molar-refractivity contribution is -0.119. The zero-order valence-electron chi connectivity index (χ0n) is 9.07. The number of ketones is 1. The van der Waals surface area contributed by atoms with Crippen molar-refractivity contribution in [2.45, 2.75) is 27.7 Å². The molecule has 0 amide bonds. The van der Waals surface area contributed by atoms with E-state index in [9.17, 15) is 4.79 Å². The average Bonchev–Trinajstić information content (AvgIpc) is 2.20. The van der Waals surface area contributed by atoms with Crippen LogP contribution in [0.25, 0.3) is 0 Å². The van der Waals surface area contributed by atoms with Crippen molar-refractivity contribution < 1.29 is 9.53 Å². The monoisotopic (exact) mass is 196 g/mol. The fraction of sp³-hybridized carbons (Fsp3) is 0.500. The van der Waals surface area contributed by atoms with E-state index in [2.05, 4.69) is 9.97 Å². The Morgan fingerprint density at radius 1 is 1.36 bits per heavy atom. The van der Waals surface area contributed by atoms with Crippen LogP contribution >= 0.6 is 0 Å². The van der Waals surface area contributed by atoms with Gasteiger partial charge in [0.05, 0.1) is 18.1 Å². The number of nitrogens with zero attached hydrogens (tertiary/aromatic N) is 2. The Labute approximate surface area is 84.3 Å². The first-order valence-electron chi connectivity index (χ1n) is 4.59. The second-order valence-corrected chi connectivity index (χ2v) is 2.49. The molecule has 0 saturated heterocycles. The summed E-state index contributed by atoms with van der Waals surface area (Å²) in [5, 5.41) is 0. The van der Waals surface area contributed by atoms with Gasteiger partial charge in [0.2, 0.25) is 5.88 Å². The van der Waals surface area contributed by atoms with Crippen molar-refractivity contribution in [3.05, 3.63) is 18.1 Å². The summed E-state index contributed by atoms with van der Waals surface area (Å²) in [7, 11) is 0. The molecule has 0 N–H and O–H groups in total. The summed E-state index contributed by atoms with van der Waals surface area (Å²) in [6.45, 7) is 7.35. The van der Waals surface area contributed by atoms with Gasteiger partial charge in [-0.25, -0.2) is 4.98 Å². The summed E-state index contributed by atoms with van der Waals surface area (Å²) in [6.07, 6.45) is 3.09. The molecular formula is C10H16N2O2. The molecule has 4 heteroatoms. The molecule has 0 atom stereocenters. The Balaban J connectivity index is 0.000000791. The predicted molar refractivity (Wildman–Crippen MR) is 54.3 cm³/mol. The van der Waals surface area contributed by atoms with E-state index in [1.807, 2.05) is 20.8 Å². The highest BCUT2D eigenvalue weighted by Gasteiger charge is 1.97. The van der Waals surface area contributed by atoms with Gasteiger partial charge in [-0.15, -0.1) is 0 Å². The molecule has 14 heavy (non-hydrogen) atoms. The third kappa shape index (κ3) is 5.24. The molecule has 0 aliphatic carbocycles. The highest BCUT2D eigenvalue weighted by Crippen LogP contribution is 2.02. The number of hydrogen-bond acceptors (Lipinski definition) is 4. The Bertz CT molecular complexity index is 270. The highest BCUT2D eigenvalue weighted by atomic mass is 16.5. The summed E-state index contributed by atoms with van der Waals surface area (Å²) < 4.78 is 5.00. The summed E-state index contributed by atoms with van der Waals surface area (Å²) >= 11 is 0. The zero-order chi connectivity index (χ0) is 11.0. The van der Waals surface area contributed by atoms with Crippen LogP contribution in [-0.2, 0) is 4.79 Å². The molecule has 0 aliphatic heterocycles. The second-order valence-electron chi connectivity index (χ2n) is 2.49. The molecule has 0 fully saturated rings.